The summed E-state index contributed by atoms with van der Waals surface area (Å²) in [5, 5.41) is 0. The van der Waals surface area contributed by atoms with Crippen molar-refractivity contribution in [2.75, 3.05) is 11.8 Å². The summed E-state index contributed by atoms with van der Waals surface area (Å²) in [7, 11) is -2.34. The third-order valence-corrected chi connectivity index (χ3v) is 6.09. The van der Waals surface area contributed by atoms with Crippen LogP contribution in [0.5, 0.6) is 0 Å². The molecule has 0 aliphatic carbocycles. The van der Waals surface area contributed by atoms with Crippen LogP contribution in [0.3, 0.4) is 0 Å². The summed E-state index contributed by atoms with van der Waals surface area (Å²) in [5.41, 5.74) is 9.84. The average molecular weight is 463 g/mol. The van der Waals surface area contributed by atoms with Gasteiger partial charge in [0.15, 0.2) is 0 Å². The van der Waals surface area contributed by atoms with E-state index in [1.54, 1.807) is 31.7 Å². The molecule has 2 aromatic carbocycles. The molecule has 0 amide bonds. The number of nitrogens with two attached hydrogens (primary N) is 1. The highest BCUT2D eigenvalue weighted by Gasteiger charge is 2.15. The molecule has 33 heavy (non-hydrogen) atoms. The third kappa shape index (κ3) is 4.85. The van der Waals surface area contributed by atoms with E-state index in [1.807, 2.05) is 18.2 Å². The van der Waals surface area contributed by atoms with Crippen molar-refractivity contribution in [2.45, 2.75) is 4.90 Å². The number of hydrogen-bond donors (Lipinski definition) is 2. The van der Waals surface area contributed by atoms with Gasteiger partial charge in [0.2, 0.25) is 0 Å². The lowest BCUT2D eigenvalue weighted by atomic mass is 10.1. The van der Waals surface area contributed by atoms with Crippen LogP contribution >= 0.6 is 0 Å². The Morgan fingerprint density at radius 1 is 1.06 bits per heavy atom. The number of sulfonamides is 1. The first-order chi connectivity index (χ1) is 15.9. The topological polar surface area (TPSA) is 123 Å². The Hall–Kier alpha value is -4.18. The Morgan fingerprint density at radius 3 is 2.67 bits per heavy atom. The van der Waals surface area contributed by atoms with Crippen molar-refractivity contribution < 1.29 is 12.8 Å². The van der Waals surface area contributed by atoms with E-state index in [0.717, 1.165) is 11.6 Å². The summed E-state index contributed by atoms with van der Waals surface area (Å²) < 4.78 is 41.1. The molecule has 0 spiro atoms. The smallest absolute Gasteiger partial charge is 0.262 e. The van der Waals surface area contributed by atoms with E-state index < -0.39 is 15.8 Å². The Kier molecular flexibility index (Phi) is 6.09. The number of hydrogen-bond acceptors (Lipinski definition) is 7. The van der Waals surface area contributed by atoms with E-state index in [1.165, 1.54) is 30.6 Å². The number of pyridine rings is 1. The summed E-state index contributed by atoms with van der Waals surface area (Å²) in [6, 6.07) is 11.9. The van der Waals surface area contributed by atoms with Gasteiger partial charge >= 0.3 is 0 Å². The summed E-state index contributed by atoms with van der Waals surface area (Å²) in [6.45, 7) is 0. The lowest BCUT2D eigenvalue weighted by molar-refractivity contribution is 0.595. The van der Waals surface area contributed by atoms with Crippen molar-refractivity contribution in [3.05, 3.63) is 84.8 Å². The molecule has 2 aromatic heterocycles. The number of benzene rings is 2. The highest BCUT2D eigenvalue weighted by molar-refractivity contribution is 7.92. The second-order valence-corrected chi connectivity index (χ2v) is 8.68. The van der Waals surface area contributed by atoms with Gasteiger partial charge in [0.05, 0.1) is 39.7 Å². The number of nitrogens with zero attached hydrogens (tertiary/aromatic N) is 4. The van der Waals surface area contributed by atoms with Crippen LogP contribution in [0.1, 0.15) is 5.69 Å². The van der Waals surface area contributed by atoms with Gasteiger partial charge in [0, 0.05) is 36.8 Å². The largest absolute Gasteiger partial charge is 0.404 e. The molecule has 0 aliphatic heterocycles. The van der Waals surface area contributed by atoms with Gasteiger partial charge in [-0.3, -0.25) is 19.7 Å². The predicted octanol–water partition coefficient (Wildman–Crippen LogP) is 3.63. The average Bonchev–Trinajstić information content (AvgIpc) is 2.82. The summed E-state index contributed by atoms with van der Waals surface area (Å²) in [4.78, 5) is 17.0. The number of halogens is 1. The first-order valence-electron chi connectivity index (χ1n) is 9.74. The summed E-state index contributed by atoms with van der Waals surface area (Å²) >= 11 is 0. The Labute approximate surface area is 189 Å². The Balaban J connectivity index is 1.68. The van der Waals surface area contributed by atoms with Crippen molar-refractivity contribution in [2.24, 2.45) is 10.7 Å². The van der Waals surface area contributed by atoms with Crippen LogP contribution in [0.4, 0.5) is 10.1 Å². The molecular formula is C23H19FN6O2S. The maximum absolute atomic E-state index is 13.5. The monoisotopic (exact) mass is 462 g/mol. The van der Waals surface area contributed by atoms with Gasteiger partial charge in [-0.25, -0.2) is 17.8 Å². The van der Waals surface area contributed by atoms with Gasteiger partial charge in [-0.1, -0.05) is 12.1 Å². The van der Waals surface area contributed by atoms with Crippen molar-refractivity contribution in [1.29, 1.82) is 0 Å². The molecule has 8 nitrogen and oxygen atoms in total. The molecule has 0 saturated carbocycles. The molecule has 4 rings (SSSR count). The SMILES string of the molecule is CN=C/C(=C\N)c1cnc2ccc(-c3cncc(NS(=O)(=O)c4cccc(F)c4)c3)cc2n1. The molecule has 0 saturated heterocycles. The zero-order valence-electron chi connectivity index (χ0n) is 17.5. The van der Waals surface area contributed by atoms with Crippen LogP contribution in [0, 0.1) is 5.82 Å². The fourth-order valence-electron chi connectivity index (χ4n) is 3.17. The minimum Gasteiger partial charge on any atom is -0.404 e. The first kappa shape index (κ1) is 22.0. The molecule has 0 atom stereocenters. The molecule has 0 bridgehead atoms. The van der Waals surface area contributed by atoms with Crippen LogP contribution in [-0.4, -0.2) is 36.6 Å². The highest BCUT2D eigenvalue weighted by atomic mass is 32.2. The Bertz CT molecular complexity index is 1500. The molecular weight excluding hydrogens is 443 g/mol. The van der Waals surface area contributed by atoms with E-state index in [-0.39, 0.29) is 10.6 Å². The number of anilines is 1. The molecule has 166 valence electrons. The highest BCUT2D eigenvalue weighted by Crippen LogP contribution is 2.26. The second-order valence-electron chi connectivity index (χ2n) is 6.99. The maximum atomic E-state index is 13.5. The second kappa shape index (κ2) is 9.13. The molecule has 0 aliphatic rings. The normalized spacial score (nSPS) is 12.4. The summed E-state index contributed by atoms with van der Waals surface area (Å²) in [5.74, 6) is -0.640. The van der Waals surface area contributed by atoms with Crippen molar-refractivity contribution in [3.63, 3.8) is 0 Å². The lowest BCUT2D eigenvalue weighted by Gasteiger charge is -2.10. The number of aromatic nitrogens is 3. The van der Waals surface area contributed by atoms with Gasteiger partial charge in [-0.15, -0.1) is 0 Å². The maximum Gasteiger partial charge on any atom is 0.262 e. The van der Waals surface area contributed by atoms with Crippen molar-refractivity contribution >= 4 is 38.5 Å². The minimum absolute atomic E-state index is 0.180. The fraction of sp³-hybridized carbons (Fsp3) is 0.0435. The van der Waals surface area contributed by atoms with Gasteiger partial charge in [0.1, 0.15) is 5.82 Å². The Morgan fingerprint density at radius 2 is 1.91 bits per heavy atom. The minimum atomic E-state index is -3.98. The lowest BCUT2D eigenvalue weighted by Crippen LogP contribution is -2.13. The molecule has 2 heterocycles. The van der Waals surface area contributed by atoms with Crippen LogP contribution in [0.15, 0.2) is 83.2 Å². The third-order valence-electron chi connectivity index (χ3n) is 4.72. The standard InChI is InChI=1S/C23H19FN6O2S/c1-26-11-17(10-25)23-14-28-21-6-5-15(8-22(21)29-23)16-7-19(13-27-12-16)30-33(31,32)20-4-2-3-18(24)9-20/h2-14,30H,25H2,1H3/b17-10+,26-11?. The number of fused-ring (bicyclic) bond motifs is 1. The van der Waals surface area contributed by atoms with Crippen molar-refractivity contribution in [1.82, 2.24) is 15.0 Å². The van der Waals surface area contributed by atoms with Crippen LogP contribution in [0.25, 0.3) is 27.7 Å². The first-order valence-corrected chi connectivity index (χ1v) is 11.2. The molecule has 0 radical (unpaired) electrons. The number of allylic oxidation sites excluding steroid dienone is 1. The van der Waals surface area contributed by atoms with Crippen LogP contribution in [0.2, 0.25) is 0 Å². The predicted molar refractivity (Wildman–Crippen MR) is 127 cm³/mol. The molecule has 0 unspecified atom stereocenters. The van der Waals surface area contributed by atoms with Gasteiger partial charge in [-0.05, 0) is 42.0 Å². The van der Waals surface area contributed by atoms with Crippen LogP contribution < -0.4 is 10.5 Å². The van der Waals surface area contributed by atoms with Gasteiger partial charge in [0.25, 0.3) is 10.0 Å². The zero-order valence-corrected chi connectivity index (χ0v) is 18.3. The van der Waals surface area contributed by atoms with E-state index in [9.17, 15) is 12.8 Å². The van der Waals surface area contributed by atoms with Gasteiger partial charge in [-0.2, -0.15) is 0 Å². The number of rotatable bonds is 6. The molecule has 10 heteroatoms. The van der Waals surface area contributed by atoms with Crippen molar-refractivity contribution in [3.8, 4) is 11.1 Å². The van der Waals surface area contributed by atoms with E-state index in [0.29, 0.717) is 27.9 Å². The fourth-order valence-corrected chi connectivity index (χ4v) is 4.23. The van der Waals surface area contributed by atoms with Crippen LogP contribution in [-0.2, 0) is 10.0 Å². The molecule has 4 aromatic rings. The number of nitrogens with one attached hydrogen (secondary N) is 1. The number of aliphatic imine (C=N–C) groups is 1. The van der Waals surface area contributed by atoms with Gasteiger partial charge < -0.3 is 5.73 Å². The quantitative estimate of drug-likeness (QED) is 0.422. The summed E-state index contributed by atoms with van der Waals surface area (Å²) in [6.07, 6.45) is 7.60. The van der Waals surface area contributed by atoms with E-state index in [4.69, 9.17) is 5.73 Å². The van der Waals surface area contributed by atoms with E-state index >= 15 is 0 Å². The van der Waals surface area contributed by atoms with E-state index in [2.05, 4.69) is 24.7 Å². The molecule has 0 fully saturated rings. The molecule has 3 N–H and O–H groups in total. The zero-order chi connectivity index (χ0) is 23.4.